The minimum Gasteiger partial charge on any atom is -0.163 e. The van der Waals surface area contributed by atoms with E-state index in [0.717, 1.165) is 0 Å². The molecule has 0 spiro atoms. The fraction of sp³-hybridized carbons (Fsp3) is 0.250. The van der Waals surface area contributed by atoms with Crippen molar-refractivity contribution in [1.82, 2.24) is 4.31 Å². The van der Waals surface area contributed by atoms with Crippen LogP contribution >= 0.6 is 0 Å². The topological polar surface area (TPSA) is 40.0 Å². The van der Waals surface area contributed by atoms with E-state index < -0.39 is 10.0 Å². The normalized spacial score (nSPS) is 11.9. The third kappa shape index (κ3) is 1.65. The molecule has 0 aliphatic heterocycles. The van der Waals surface area contributed by atoms with E-state index >= 15 is 0 Å². The minimum absolute atomic E-state index is 0.329. The largest absolute Gasteiger partial charge is 0.371 e. The lowest BCUT2D eigenvalue weighted by molar-refractivity contribution is 0.564. The molecule has 3 nitrogen and oxygen atoms in total. The van der Waals surface area contributed by atoms with Gasteiger partial charge in [-0.15, -0.1) is 0 Å². The van der Waals surface area contributed by atoms with Crippen LogP contribution in [0, 0.1) is 0 Å². The first-order chi connectivity index (χ1) is 5.55. The Balaban J connectivity index is 3.17. The molecule has 0 amide bonds. The van der Waals surface area contributed by atoms with Gasteiger partial charge in [-0.2, -0.15) is 8.42 Å². The van der Waals surface area contributed by atoms with Gasteiger partial charge in [-0.05, 0) is 12.1 Å². The van der Waals surface area contributed by atoms with Crippen LogP contribution in [0.25, 0.3) is 0 Å². The van der Waals surface area contributed by atoms with Gasteiger partial charge in [-0.1, -0.05) is 22.5 Å². The summed E-state index contributed by atoms with van der Waals surface area (Å²) in [4.78, 5) is 0.329. The Bertz CT molecular complexity index is 343. The SMILES string of the molecule is C[N+](C)S(=O)(=O)c1ccccc1. The van der Waals surface area contributed by atoms with Gasteiger partial charge >= 0.3 is 10.0 Å². The summed E-state index contributed by atoms with van der Waals surface area (Å²) >= 11 is 0. The first kappa shape index (κ1) is 9.22. The van der Waals surface area contributed by atoms with Crippen LogP contribution in [0.4, 0.5) is 0 Å². The summed E-state index contributed by atoms with van der Waals surface area (Å²) in [5.74, 6) is 0. The van der Waals surface area contributed by atoms with Crippen molar-refractivity contribution >= 4 is 10.0 Å². The second kappa shape index (κ2) is 3.25. The van der Waals surface area contributed by atoms with E-state index in [0.29, 0.717) is 4.90 Å². The molecule has 0 saturated carbocycles. The van der Waals surface area contributed by atoms with Crippen molar-refractivity contribution < 1.29 is 8.42 Å². The lowest BCUT2D eigenvalue weighted by Crippen LogP contribution is -2.27. The quantitative estimate of drug-likeness (QED) is 0.639. The first-order valence-electron chi connectivity index (χ1n) is 3.53. The predicted molar refractivity (Wildman–Crippen MR) is 47.6 cm³/mol. The smallest absolute Gasteiger partial charge is 0.163 e. The summed E-state index contributed by atoms with van der Waals surface area (Å²) in [6, 6.07) is 8.35. The third-order valence-electron chi connectivity index (χ3n) is 1.52. The fourth-order valence-electron chi connectivity index (χ4n) is 0.803. The highest BCUT2D eigenvalue weighted by Crippen LogP contribution is 2.09. The summed E-state index contributed by atoms with van der Waals surface area (Å²) in [5.41, 5.74) is 0. The van der Waals surface area contributed by atoms with Gasteiger partial charge in [0.15, 0.2) is 0 Å². The highest BCUT2D eigenvalue weighted by Gasteiger charge is 2.24. The van der Waals surface area contributed by atoms with Gasteiger partial charge in [-0.25, -0.2) is 0 Å². The van der Waals surface area contributed by atoms with Crippen LogP contribution < -0.4 is 4.31 Å². The second-order valence-corrected chi connectivity index (χ2v) is 4.75. The molecule has 1 radical (unpaired) electrons. The molecule has 12 heavy (non-hydrogen) atoms. The molecule has 1 rings (SSSR count). The summed E-state index contributed by atoms with van der Waals surface area (Å²) in [7, 11) is -0.211. The molecule has 0 aromatic heterocycles. The lowest BCUT2D eigenvalue weighted by Gasteiger charge is -2.00. The lowest BCUT2D eigenvalue weighted by atomic mass is 10.4. The van der Waals surface area contributed by atoms with Crippen LogP contribution in [0.5, 0.6) is 0 Å². The standard InChI is InChI=1S/C8H11NO2S/c1-9(2)12(10,11)8-6-4-3-5-7-8/h3-7H,1-2H3/q+1. The average Bonchev–Trinajstić information content (AvgIpc) is 2.06. The van der Waals surface area contributed by atoms with Crippen molar-refractivity contribution in [3.63, 3.8) is 0 Å². The second-order valence-electron chi connectivity index (χ2n) is 2.60. The van der Waals surface area contributed by atoms with Crippen molar-refractivity contribution in [3.05, 3.63) is 30.3 Å². The fourth-order valence-corrected chi connectivity index (χ4v) is 1.73. The molecule has 0 N–H and O–H groups in total. The number of benzene rings is 1. The van der Waals surface area contributed by atoms with Gasteiger partial charge in [0.2, 0.25) is 0 Å². The van der Waals surface area contributed by atoms with Gasteiger partial charge in [-0.3, -0.25) is 0 Å². The van der Waals surface area contributed by atoms with Crippen molar-refractivity contribution in [2.24, 2.45) is 0 Å². The molecule has 65 valence electrons. The van der Waals surface area contributed by atoms with Crippen molar-refractivity contribution in [3.8, 4) is 0 Å². The molecule has 0 aliphatic carbocycles. The number of nitrogens with zero attached hydrogens (tertiary/aromatic N) is 1. The van der Waals surface area contributed by atoms with Crippen molar-refractivity contribution in [1.29, 1.82) is 0 Å². The Hall–Kier alpha value is -0.870. The number of hydrogen-bond acceptors (Lipinski definition) is 2. The molecule has 0 heterocycles. The van der Waals surface area contributed by atoms with Crippen LogP contribution in [-0.4, -0.2) is 22.5 Å². The van der Waals surface area contributed by atoms with Gasteiger partial charge in [0.1, 0.15) is 19.0 Å². The Labute approximate surface area is 72.7 Å². The van der Waals surface area contributed by atoms with Gasteiger partial charge in [0.05, 0.1) is 0 Å². The molecule has 4 heteroatoms. The maximum atomic E-state index is 11.5. The molecule has 0 aliphatic rings. The van der Waals surface area contributed by atoms with Crippen LogP contribution in [0.3, 0.4) is 0 Å². The van der Waals surface area contributed by atoms with E-state index in [2.05, 4.69) is 0 Å². The molecule has 1 aromatic carbocycles. The van der Waals surface area contributed by atoms with Crippen molar-refractivity contribution in [2.45, 2.75) is 4.90 Å². The molecule has 0 bridgehead atoms. The predicted octanol–water partition coefficient (Wildman–Crippen LogP) is 0.775. The van der Waals surface area contributed by atoms with Gasteiger partial charge in [0.25, 0.3) is 0 Å². The molecule has 1 aromatic rings. The van der Waals surface area contributed by atoms with E-state index in [1.165, 1.54) is 18.4 Å². The summed E-state index contributed by atoms with van der Waals surface area (Å²) in [6.45, 7) is 0. The first-order valence-corrected chi connectivity index (χ1v) is 4.97. The number of rotatable bonds is 2. The number of hydrogen-bond donors (Lipinski definition) is 0. The Morgan fingerprint density at radius 3 is 2.00 bits per heavy atom. The summed E-state index contributed by atoms with van der Waals surface area (Å²) < 4.78 is 24.1. The van der Waals surface area contributed by atoms with Crippen molar-refractivity contribution in [2.75, 3.05) is 14.1 Å². The van der Waals surface area contributed by atoms with Crippen LogP contribution in [0.15, 0.2) is 35.2 Å². The van der Waals surface area contributed by atoms with E-state index in [-0.39, 0.29) is 0 Å². The maximum Gasteiger partial charge on any atom is 0.371 e. The number of sulfonamides is 1. The Kier molecular flexibility index (Phi) is 2.49. The molecule has 0 atom stereocenters. The third-order valence-corrected chi connectivity index (χ3v) is 3.35. The Morgan fingerprint density at radius 1 is 1.08 bits per heavy atom. The average molecular weight is 185 g/mol. The molecule has 0 unspecified atom stereocenters. The Morgan fingerprint density at radius 2 is 1.58 bits per heavy atom. The van der Waals surface area contributed by atoms with Crippen LogP contribution in [0.2, 0.25) is 0 Å². The molecule has 0 saturated heterocycles. The van der Waals surface area contributed by atoms with Gasteiger partial charge < -0.3 is 0 Å². The minimum atomic E-state index is -3.24. The summed E-state index contributed by atoms with van der Waals surface area (Å²) in [5, 5.41) is 0. The highest BCUT2D eigenvalue weighted by molar-refractivity contribution is 7.90. The monoisotopic (exact) mass is 185 g/mol. The van der Waals surface area contributed by atoms with E-state index in [9.17, 15) is 8.42 Å². The molecule has 0 fully saturated rings. The van der Waals surface area contributed by atoms with Crippen LogP contribution in [-0.2, 0) is 10.0 Å². The zero-order chi connectivity index (χ0) is 9.19. The van der Waals surface area contributed by atoms with E-state index in [4.69, 9.17) is 0 Å². The maximum absolute atomic E-state index is 11.5. The highest BCUT2D eigenvalue weighted by atomic mass is 32.2. The molecular weight excluding hydrogens is 174 g/mol. The van der Waals surface area contributed by atoms with Gasteiger partial charge in [0, 0.05) is 0 Å². The van der Waals surface area contributed by atoms with E-state index in [1.54, 1.807) is 30.3 Å². The zero-order valence-corrected chi connectivity index (χ0v) is 7.88. The van der Waals surface area contributed by atoms with Crippen LogP contribution in [0.1, 0.15) is 0 Å². The van der Waals surface area contributed by atoms with E-state index in [1.807, 2.05) is 0 Å². The summed E-state index contributed by atoms with van der Waals surface area (Å²) in [6.07, 6.45) is 0. The molecular formula is C8H11NO2S+. The zero-order valence-electron chi connectivity index (χ0n) is 7.06.